The number of carbonyl (C=O) groups is 5. The molecule has 2 aromatic rings. The molecule has 2 aliphatic rings. The molecule has 0 aliphatic carbocycles. The smallest absolute Gasteiger partial charge is 0.408 e. The Labute approximate surface area is 225 Å². The van der Waals surface area contributed by atoms with Crippen molar-refractivity contribution in [2.75, 3.05) is 0 Å². The molecule has 1 unspecified atom stereocenters. The number of ether oxygens (including phenoxy) is 1. The predicted octanol–water partition coefficient (Wildman–Crippen LogP) is 2.98. The highest BCUT2D eigenvalue weighted by Crippen LogP contribution is 2.28. The second-order valence-corrected chi connectivity index (χ2v) is 10.6. The summed E-state index contributed by atoms with van der Waals surface area (Å²) in [6, 6.07) is 10.1. The fourth-order valence-corrected chi connectivity index (χ4v) is 4.69. The maximum atomic E-state index is 13.2. The zero-order valence-electron chi connectivity index (χ0n) is 21.3. The summed E-state index contributed by atoms with van der Waals surface area (Å²) in [6.45, 7) is 5.51. The lowest BCUT2D eigenvalue weighted by Gasteiger charge is -2.29. The van der Waals surface area contributed by atoms with Crippen LogP contribution in [0.15, 0.2) is 42.5 Å². The Bertz CT molecular complexity index is 1300. The molecule has 0 radical (unpaired) electrons. The normalized spacial score (nSPS) is 17.9. The van der Waals surface area contributed by atoms with Crippen LogP contribution in [-0.2, 0) is 32.2 Å². The van der Waals surface area contributed by atoms with Crippen molar-refractivity contribution in [2.45, 2.75) is 64.4 Å². The van der Waals surface area contributed by atoms with Gasteiger partial charge in [0.1, 0.15) is 17.7 Å². The third kappa shape index (κ3) is 6.13. The third-order valence-corrected chi connectivity index (χ3v) is 6.54. The van der Waals surface area contributed by atoms with E-state index in [2.05, 4.69) is 16.0 Å². The number of amides is 5. The molecule has 0 aromatic heterocycles. The first-order valence-electron chi connectivity index (χ1n) is 12.2. The molecule has 3 N–H and O–H groups in total. The van der Waals surface area contributed by atoms with E-state index in [9.17, 15) is 24.0 Å². The number of hydrogen-bond acceptors (Lipinski definition) is 6. The summed E-state index contributed by atoms with van der Waals surface area (Å²) >= 11 is 6.31. The van der Waals surface area contributed by atoms with Gasteiger partial charge in [-0.05, 0) is 50.5 Å². The summed E-state index contributed by atoms with van der Waals surface area (Å²) in [7, 11) is 0. The van der Waals surface area contributed by atoms with Crippen LogP contribution in [0, 0.1) is 0 Å². The maximum absolute atomic E-state index is 13.2. The minimum absolute atomic E-state index is 0.121. The molecule has 2 aliphatic heterocycles. The van der Waals surface area contributed by atoms with Gasteiger partial charge in [0.25, 0.3) is 5.91 Å². The molecule has 38 heavy (non-hydrogen) atoms. The molecule has 2 heterocycles. The Hall–Kier alpha value is -3.92. The summed E-state index contributed by atoms with van der Waals surface area (Å²) in [6.07, 6.45) is -0.304. The number of alkyl carbamates (subject to hydrolysis) is 1. The van der Waals surface area contributed by atoms with Crippen molar-refractivity contribution in [3.05, 3.63) is 69.7 Å². The van der Waals surface area contributed by atoms with Gasteiger partial charge in [0.05, 0.1) is 0 Å². The van der Waals surface area contributed by atoms with E-state index in [0.717, 1.165) is 11.1 Å². The van der Waals surface area contributed by atoms with E-state index in [4.69, 9.17) is 16.3 Å². The Morgan fingerprint density at radius 1 is 1.16 bits per heavy atom. The third-order valence-electron chi connectivity index (χ3n) is 6.19. The zero-order chi connectivity index (χ0) is 27.6. The number of halogens is 1. The van der Waals surface area contributed by atoms with E-state index in [-0.39, 0.29) is 37.7 Å². The van der Waals surface area contributed by atoms with Crippen LogP contribution >= 0.6 is 11.6 Å². The van der Waals surface area contributed by atoms with Crippen molar-refractivity contribution >= 4 is 41.3 Å². The Morgan fingerprint density at radius 3 is 2.58 bits per heavy atom. The van der Waals surface area contributed by atoms with Gasteiger partial charge in [0.15, 0.2) is 0 Å². The number of imide groups is 1. The average Bonchev–Trinajstić information content (AvgIpc) is 3.16. The molecule has 5 amide bonds. The molecular weight excluding hydrogens is 512 g/mol. The topological polar surface area (TPSA) is 134 Å². The highest BCUT2D eigenvalue weighted by atomic mass is 35.5. The molecule has 0 saturated carbocycles. The number of piperidine rings is 1. The number of benzene rings is 2. The van der Waals surface area contributed by atoms with Gasteiger partial charge in [-0.15, -0.1) is 0 Å². The lowest BCUT2D eigenvalue weighted by Crippen LogP contribution is -2.52. The summed E-state index contributed by atoms with van der Waals surface area (Å²) in [4.78, 5) is 63.8. The van der Waals surface area contributed by atoms with Gasteiger partial charge >= 0.3 is 6.09 Å². The van der Waals surface area contributed by atoms with Crippen molar-refractivity contribution in [1.29, 1.82) is 0 Å². The Kier molecular flexibility index (Phi) is 7.73. The molecule has 2 atom stereocenters. The van der Waals surface area contributed by atoms with E-state index < -0.39 is 35.6 Å². The number of carbonyl (C=O) groups excluding carboxylic acids is 5. The number of hydrogen-bond donors (Lipinski definition) is 3. The molecule has 0 bridgehead atoms. The van der Waals surface area contributed by atoms with Crippen molar-refractivity contribution in [3.8, 4) is 0 Å². The van der Waals surface area contributed by atoms with Crippen LogP contribution in [0.3, 0.4) is 0 Å². The van der Waals surface area contributed by atoms with Crippen molar-refractivity contribution in [1.82, 2.24) is 20.9 Å². The zero-order valence-corrected chi connectivity index (χ0v) is 22.1. The molecule has 10 nitrogen and oxygen atoms in total. The maximum Gasteiger partial charge on any atom is 0.408 e. The number of nitrogens with zero attached hydrogens (tertiary/aromatic N) is 1. The lowest BCUT2D eigenvalue weighted by atomic mass is 10.0. The van der Waals surface area contributed by atoms with Gasteiger partial charge < -0.3 is 20.3 Å². The summed E-state index contributed by atoms with van der Waals surface area (Å²) in [5.74, 6) is -1.58. The van der Waals surface area contributed by atoms with Gasteiger partial charge in [-0.1, -0.05) is 41.9 Å². The summed E-state index contributed by atoms with van der Waals surface area (Å²) in [5, 5.41) is 8.00. The molecule has 4 rings (SSSR count). The second-order valence-electron chi connectivity index (χ2n) is 10.2. The van der Waals surface area contributed by atoms with Gasteiger partial charge in [0.2, 0.25) is 17.7 Å². The summed E-state index contributed by atoms with van der Waals surface area (Å²) < 4.78 is 5.32. The monoisotopic (exact) mass is 540 g/mol. The van der Waals surface area contributed by atoms with E-state index in [1.807, 2.05) is 0 Å². The van der Waals surface area contributed by atoms with Gasteiger partial charge in [-0.2, -0.15) is 0 Å². The minimum Gasteiger partial charge on any atom is -0.444 e. The molecule has 0 spiro atoms. The first-order valence-corrected chi connectivity index (χ1v) is 12.6. The van der Waals surface area contributed by atoms with E-state index in [1.54, 1.807) is 63.2 Å². The predicted molar refractivity (Wildman–Crippen MR) is 138 cm³/mol. The largest absolute Gasteiger partial charge is 0.444 e. The highest BCUT2D eigenvalue weighted by Gasteiger charge is 2.39. The molecule has 1 fully saturated rings. The molecular formula is C27H29ClN4O6. The standard InChI is InChI=1S/C27H29ClN4O6/c1-27(2,3)38-26(37)31-22(18-6-4-5-7-19(18)28)24(35)29-13-15-8-9-17-16(12-15)14-32(25(17)36)20-10-11-21(33)30-23(20)34/h4-9,12,20,22H,10-11,13-14H2,1-3H3,(H,29,35)(H,31,37)(H,30,33,34)/t20?,22-/m0/s1. The first kappa shape index (κ1) is 27.1. The van der Waals surface area contributed by atoms with E-state index in [1.165, 1.54) is 4.90 Å². The van der Waals surface area contributed by atoms with Crippen LogP contribution in [0.4, 0.5) is 4.79 Å². The van der Waals surface area contributed by atoms with Gasteiger partial charge in [0, 0.05) is 35.7 Å². The second kappa shape index (κ2) is 10.8. The lowest BCUT2D eigenvalue weighted by molar-refractivity contribution is -0.137. The minimum atomic E-state index is -1.10. The molecule has 11 heteroatoms. The van der Waals surface area contributed by atoms with Crippen LogP contribution in [0.5, 0.6) is 0 Å². The fraction of sp³-hybridized carbons (Fsp3) is 0.370. The number of fused-ring (bicyclic) bond motifs is 1. The van der Waals surface area contributed by atoms with Crippen LogP contribution in [-0.4, -0.2) is 46.3 Å². The van der Waals surface area contributed by atoms with Crippen LogP contribution in [0.25, 0.3) is 0 Å². The molecule has 1 saturated heterocycles. The van der Waals surface area contributed by atoms with Gasteiger partial charge in [-0.25, -0.2) is 4.79 Å². The van der Waals surface area contributed by atoms with E-state index in [0.29, 0.717) is 16.1 Å². The Morgan fingerprint density at radius 2 is 1.89 bits per heavy atom. The van der Waals surface area contributed by atoms with Crippen LogP contribution < -0.4 is 16.0 Å². The number of nitrogens with one attached hydrogen (secondary N) is 3. The summed E-state index contributed by atoms with van der Waals surface area (Å²) in [5.41, 5.74) is 1.59. The van der Waals surface area contributed by atoms with Crippen molar-refractivity contribution in [3.63, 3.8) is 0 Å². The molecule has 2 aromatic carbocycles. The molecule has 200 valence electrons. The van der Waals surface area contributed by atoms with Crippen LogP contribution in [0.1, 0.15) is 66.7 Å². The SMILES string of the molecule is CC(C)(C)OC(=O)N[C@H](C(=O)NCc1ccc2c(c1)CN(C1CCC(=O)NC1=O)C2=O)c1ccccc1Cl. The highest BCUT2D eigenvalue weighted by molar-refractivity contribution is 6.31. The van der Waals surface area contributed by atoms with Crippen molar-refractivity contribution < 1.29 is 28.7 Å². The fourth-order valence-electron chi connectivity index (χ4n) is 4.45. The first-order chi connectivity index (χ1) is 17.9. The average molecular weight is 541 g/mol. The van der Waals surface area contributed by atoms with E-state index >= 15 is 0 Å². The van der Waals surface area contributed by atoms with Gasteiger partial charge in [-0.3, -0.25) is 24.5 Å². The quantitative estimate of drug-likeness (QED) is 0.482. The van der Waals surface area contributed by atoms with Crippen LogP contribution in [0.2, 0.25) is 5.02 Å². The number of rotatable bonds is 6. The Balaban J connectivity index is 1.46. The van der Waals surface area contributed by atoms with Crippen molar-refractivity contribution in [2.24, 2.45) is 0 Å².